The number of hydrogen-bond acceptors (Lipinski definition) is 3. The minimum atomic E-state index is 0.439. The number of nitrogens with zero attached hydrogens (tertiary/aromatic N) is 4. The summed E-state index contributed by atoms with van der Waals surface area (Å²) in [6, 6.07) is 16.3. The van der Waals surface area contributed by atoms with E-state index in [9.17, 15) is 0 Å². The van der Waals surface area contributed by atoms with E-state index in [-0.39, 0.29) is 0 Å². The Bertz CT molecular complexity index is 1380. The fourth-order valence-corrected chi connectivity index (χ4v) is 5.68. The first-order valence-electron chi connectivity index (χ1n) is 14.7. The normalized spacial score (nSPS) is 18.1. The van der Waals surface area contributed by atoms with Crippen molar-refractivity contribution in [3.63, 3.8) is 0 Å². The maximum Gasteiger partial charge on any atom is 0.157 e. The summed E-state index contributed by atoms with van der Waals surface area (Å²) in [5, 5.41) is 1.32. The lowest BCUT2D eigenvalue weighted by atomic mass is 10.1. The Morgan fingerprint density at radius 3 is 2.53 bits per heavy atom. The zero-order chi connectivity index (χ0) is 26.6. The molecule has 1 unspecified atom stereocenters. The lowest BCUT2D eigenvalue weighted by molar-refractivity contribution is 0.252. The van der Waals surface area contributed by atoms with E-state index < -0.39 is 0 Å². The molecule has 5 heteroatoms. The highest BCUT2D eigenvalue weighted by molar-refractivity contribution is 5.89. The minimum Gasteiger partial charge on any atom is -0.338 e. The summed E-state index contributed by atoms with van der Waals surface area (Å²) in [6.07, 6.45) is 10.5. The van der Waals surface area contributed by atoms with Crippen molar-refractivity contribution in [2.45, 2.75) is 77.9 Å². The summed E-state index contributed by atoms with van der Waals surface area (Å²) in [6.45, 7) is 12.8. The Hall–Kier alpha value is -2.89. The number of unbranched alkanes of at least 4 members (excludes halogenated alkanes) is 1. The number of hydrogen-bond donors (Lipinski definition) is 1. The molecule has 1 saturated carbocycles. The van der Waals surface area contributed by atoms with Crippen LogP contribution in [0.4, 0.5) is 0 Å². The topological polar surface area (TPSA) is 52.0 Å². The first-order chi connectivity index (χ1) is 18.5. The maximum atomic E-state index is 5.68. The Labute approximate surface area is 228 Å². The molecule has 2 aliphatic rings. The van der Waals surface area contributed by atoms with Gasteiger partial charge in [-0.2, -0.15) is 0 Å². The summed E-state index contributed by atoms with van der Waals surface area (Å²) in [5.41, 5.74) is 13.1. The number of aromatic nitrogens is 3. The number of likely N-dealkylation sites (tertiary alicyclic amines) is 1. The summed E-state index contributed by atoms with van der Waals surface area (Å²) in [5.74, 6) is 1.92. The van der Waals surface area contributed by atoms with Gasteiger partial charge in [-0.05, 0) is 93.4 Å². The largest absolute Gasteiger partial charge is 0.338 e. The number of benzene rings is 2. The highest BCUT2D eigenvalue weighted by Crippen LogP contribution is 2.37. The summed E-state index contributed by atoms with van der Waals surface area (Å²) < 4.78 is 4.98. The fourth-order valence-electron chi connectivity index (χ4n) is 5.68. The van der Waals surface area contributed by atoms with Crippen LogP contribution in [0.2, 0.25) is 0 Å². The first-order valence-corrected chi connectivity index (χ1v) is 14.7. The third kappa shape index (κ3) is 5.89. The molecular weight excluding hydrogens is 466 g/mol. The van der Waals surface area contributed by atoms with Crippen molar-refractivity contribution in [2.75, 3.05) is 20.1 Å². The average Bonchev–Trinajstić information content (AvgIpc) is 3.58. The van der Waals surface area contributed by atoms with E-state index in [4.69, 9.17) is 10.7 Å². The van der Waals surface area contributed by atoms with Crippen molar-refractivity contribution in [2.24, 2.45) is 11.7 Å². The van der Waals surface area contributed by atoms with Crippen LogP contribution in [0.15, 0.2) is 49.0 Å². The summed E-state index contributed by atoms with van der Waals surface area (Å²) >= 11 is 0. The van der Waals surface area contributed by atoms with E-state index in [0.29, 0.717) is 6.04 Å². The maximum absolute atomic E-state index is 5.68. The van der Waals surface area contributed by atoms with Gasteiger partial charge in [-0.3, -0.25) is 0 Å². The van der Waals surface area contributed by atoms with Crippen LogP contribution in [0.5, 0.6) is 0 Å². The van der Waals surface area contributed by atoms with Gasteiger partial charge < -0.3 is 19.8 Å². The molecule has 6 rings (SSSR count). The van der Waals surface area contributed by atoms with Gasteiger partial charge in [0.1, 0.15) is 0 Å². The molecule has 2 aromatic carbocycles. The predicted octanol–water partition coefficient (Wildman–Crippen LogP) is 7.11. The summed E-state index contributed by atoms with van der Waals surface area (Å²) in [4.78, 5) is 7.45. The molecule has 0 amide bonds. The molecule has 2 fully saturated rings. The molecule has 0 spiro atoms. The third-order valence-electron chi connectivity index (χ3n) is 8.15. The second-order valence-corrected chi connectivity index (χ2v) is 11.4. The van der Waals surface area contributed by atoms with Gasteiger partial charge in [-0.15, -0.1) is 0 Å². The molecule has 3 heterocycles. The molecule has 1 aliphatic heterocycles. The third-order valence-corrected chi connectivity index (χ3v) is 8.15. The van der Waals surface area contributed by atoms with E-state index in [0.717, 1.165) is 55.3 Å². The zero-order valence-corrected chi connectivity index (χ0v) is 23.6. The van der Waals surface area contributed by atoms with Gasteiger partial charge >= 0.3 is 0 Å². The van der Waals surface area contributed by atoms with E-state index in [1.807, 2.05) is 6.08 Å². The monoisotopic (exact) mass is 511 g/mol. The van der Waals surface area contributed by atoms with Gasteiger partial charge in [0, 0.05) is 36.6 Å². The van der Waals surface area contributed by atoms with Crippen LogP contribution in [-0.2, 0) is 19.5 Å². The second kappa shape index (κ2) is 11.9. The smallest absolute Gasteiger partial charge is 0.157 e. The van der Waals surface area contributed by atoms with Crippen LogP contribution in [0, 0.1) is 5.92 Å². The standard InChI is InChI=1S/C27H31N3.C6H14N2/c1-4-7-14-29-24-13-11-19(5-2)15-23(24)28-27(29)26-17-22-12-10-20(6-3)16-25(22)30(26)18-21-8-9-21;1-8-4-2-3-6(7)5-8/h5,10-13,15-17,21H,2,4,6-9,14,18H2,1,3H3;6H,2-5,7H2,1H3. The zero-order valence-electron chi connectivity index (χ0n) is 23.6. The van der Waals surface area contributed by atoms with E-state index >= 15 is 0 Å². The Balaban J connectivity index is 0.000000316. The first kappa shape index (κ1) is 26.7. The molecule has 2 N–H and O–H groups in total. The minimum absolute atomic E-state index is 0.439. The van der Waals surface area contributed by atoms with Crippen LogP contribution in [0.1, 0.15) is 63.5 Å². The highest BCUT2D eigenvalue weighted by atomic mass is 15.1. The molecule has 38 heavy (non-hydrogen) atoms. The van der Waals surface area contributed by atoms with Crippen molar-refractivity contribution in [3.05, 3.63) is 60.2 Å². The number of nitrogens with two attached hydrogens (primary N) is 1. The van der Waals surface area contributed by atoms with Crippen molar-refractivity contribution >= 4 is 28.0 Å². The number of rotatable bonds is 8. The summed E-state index contributed by atoms with van der Waals surface area (Å²) in [7, 11) is 2.12. The van der Waals surface area contributed by atoms with Gasteiger partial charge in [0.05, 0.1) is 16.7 Å². The molecule has 202 valence electrons. The quantitative estimate of drug-likeness (QED) is 0.274. The second-order valence-electron chi connectivity index (χ2n) is 11.4. The van der Waals surface area contributed by atoms with E-state index in [1.165, 1.54) is 66.3 Å². The fraction of sp³-hybridized carbons (Fsp3) is 0.485. The van der Waals surface area contributed by atoms with Gasteiger partial charge in [0.25, 0.3) is 0 Å². The number of piperidine rings is 1. The van der Waals surface area contributed by atoms with Crippen LogP contribution in [0.3, 0.4) is 0 Å². The van der Waals surface area contributed by atoms with Crippen LogP contribution in [0.25, 0.3) is 39.5 Å². The lowest BCUT2D eigenvalue weighted by Gasteiger charge is -2.26. The molecular formula is C33H45N5. The Morgan fingerprint density at radius 1 is 1.03 bits per heavy atom. The molecule has 0 bridgehead atoms. The van der Waals surface area contributed by atoms with Crippen LogP contribution < -0.4 is 5.73 Å². The van der Waals surface area contributed by atoms with Gasteiger partial charge in [0.2, 0.25) is 0 Å². The van der Waals surface area contributed by atoms with Crippen molar-refractivity contribution in [1.29, 1.82) is 0 Å². The predicted molar refractivity (Wildman–Crippen MR) is 162 cm³/mol. The van der Waals surface area contributed by atoms with Crippen LogP contribution in [-0.4, -0.2) is 45.2 Å². The lowest BCUT2D eigenvalue weighted by Crippen LogP contribution is -2.40. The molecule has 1 saturated heterocycles. The van der Waals surface area contributed by atoms with Crippen molar-refractivity contribution in [3.8, 4) is 11.5 Å². The SMILES string of the molecule is C=Cc1ccc2c(c1)nc(-c1cc3ccc(CC)cc3n1CC1CC1)n2CCCC.CN1CCCC(N)C1. The Kier molecular flexibility index (Phi) is 8.35. The van der Waals surface area contributed by atoms with E-state index in [2.05, 4.69) is 84.0 Å². The molecule has 1 atom stereocenters. The van der Waals surface area contributed by atoms with Crippen LogP contribution >= 0.6 is 0 Å². The highest BCUT2D eigenvalue weighted by Gasteiger charge is 2.26. The molecule has 5 nitrogen and oxygen atoms in total. The number of aryl methyl sites for hydroxylation is 2. The number of imidazole rings is 1. The van der Waals surface area contributed by atoms with Crippen molar-refractivity contribution < 1.29 is 0 Å². The Morgan fingerprint density at radius 2 is 1.87 bits per heavy atom. The molecule has 0 radical (unpaired) electrons. The molecule has 4 aromatic rings. The van der Waals surface area contributed by atoms with E-state index in [1.54, 1.807) is 0 Å². The van der Waals surface area contributed by atoms with Gasteiger partial charge in [-0.25, -0.2) is 4.98 Å². The van der Waals surface area contributed by atoms with Crippen molar-refractivity contribution in [1.82, 2.24) is 19.0 Å². The molecule has 2 aromatic heterocycles. The number of likely N-dealkylation sites (N-methyl/N-ethyl adjacent to an activating group) is 1. The average molecular weight is 512 g/mol. The van der Waals surface area contributed by atoms with Gasteiger partial charge in [-0.1, -0.05) is 51.1 Å². The van der Waals surface area contributed by atoms with Gasteiger partial charge in [0.15, 0.2) is 5.82 Å². The number of fused-ring (bicyclic) bond motifs is 2. The molecule has 1 aliphatic carbocycles.